The Morgan fingerprint density at radius 3 is 2.70 bits per heavy atom. The van der Waals surface area contributed by atoms with Crippen molar-refractivity contribution in [1.82, 2.24) is 5.32 Å². The number of hydrogen-bond donors (Lipinski definition) is 3. The summed E-state index contributed by atoms with van der Waals surface area (Å²) in [4.78, 5) is 14.3. The fourth-order valence-corrected chi connectivity index (χ4v) is 3.19. The second-order valence-electron chi connectivity index (χ2n) is 6.48. The van der Waals surface area contributed by atoms with Crippen molar-refractivity contribution in [2.75, 3.05) is 44.6 Å². The van der Waals surface area contributed by atoms with E-state index >= 15 is 0 Å². The molecule has 3 rings (SSSR count). The number of benzene rings is 2. The van der Waals surface area contributed by atoms with Gasteiger partial charge in [0, 0.05) is 37.6 Å². The summed E-state index contributed by atoms with van der Waals surface area (Å²) in [7, 11) is 5.14. The first-order valence-electron chi connectivity index (χ1n) is 8.80. The molecule has 7 nitrogen and oxygen atoms in total. The maximum absolute atomic E-state index is 12.1. The van der Waals surface area contributed by atoms with Crippen molar-refractivity contribution in [1.29, 1.82) is 0 Å². The molecule has 3 N–H and O–H groups in total. The third-order valence-electron chi connectivity index (χ3n) is 4.71. The lowest BCUT2D eigenvalue weighted by atomic mass is 10.0. The van der Waals surface area contributed by atoms with Crippen LogP contribution in [0.25, 0.3) is 0 Å². The van der Waals surface area contributed by atoms with E-state index in [4.69, 9.17) is 9.47 Å². The number of amides is 2. The normalized spacial score (nSPS) is 13.7. The molecule has 144 valence electrons. The van der Waals surface area contributed by atoms with E-state index in [-0.39, 0.29) is 6.54 Å². The van der Waals surface area contributed by atoms with Crippen LogP contribution in [0.4, 0.5) is 16.2 Å². The topological polar surface area (TPSA) is 83.1 Å². The molecule has 0 fully saturated rings. The first-order chi connectivity index (χ1) is 13.0. The number of likely N-dealkylation sites (N-methyl/N-ethyl adjacent to an activating group) is 1. The summed E-state index contributed by atoms with van der Waals surface area (Å²) in [5.74, 6) is 1.11. The molecule has 0 spiro atoms. The predicted octanol–water partition coefficient (Wildman–Crippen LogP) is 2.55. The molecule has 1 heterocycles. The first-order valence-corrected chi connectivity index (χ1v) is 8.80. The highest BCUT2D eigenvalue weighted by molar-refractivity contribution is 5.89. The minimum absolute atomic E-state index is 0.119. The third-order valence-corrected chi connectivity index (χ3v) is 4.71. The maximum atomic E-state index is 12.1. The molecule has 1 aliphatic rings. The lowest BCUT2D eigenvalue weighted by Crippen LogP contribution is -2.32. The number of nitrogens with one attached hydrogen (secondary N) is 2. The Kier molecular flexibility index (Phi) is 5.71. The van der Waals surface area contributed by atoms with Crippen LogP contribution in [0.15, 0.2) is 36.4 Å². The fraction of sp³-hybridized carbons (Fsp3) is 0.350. The van der Waals surface area contributed by atoms with E-state index in [1.165, 1.54) is 18.4 Å². The van der Waals surface area contributed by atoms with Gasteiger partial charge in [-0.2, -0.15) is 0 Å². The number of aliphatic hydroxyl groups is 1. The van der Waals surface area contributed by atoms with Gasteiger partial charge in [-0.1, -0.05) is 12.1 Å². The summed E-state index contributed by atoms with van der Waals surface area (Å²) in [5, 5.41) is 15.8. The number of anilines is 2. The Morgan fingerprint density at radius 2 is 1.96 bits per heavy atom. The van der Waals surface area contributed by atoms with Crippen LogP contribution in [0.3, 0.4) is 0 Å². The molecule has 1 unspecified atom stereocenters. The van der Waals surface area contributed by atoms with Gasteiger partial charge in [0.15, 0.2) is 11.5 Å². The number of nitrogens with zero attached hydrogens (tertiary/aromatic N) is 1. The highest BCUT2D eigenvalue weighted by Crippen LogP contribution is 2.30. The predicted molar refractivity (Wildman–Crippen MR) is 105 cm³/mol. The fourth-order valence-electron chi connectivity index (χ4n) is 3.19. The maximum Gasteiger partial charge on any atom is 0.319 e. The van der Waals surface area contributed by atoms with Gasteiger partial charge in [-0.25, -0.2) is 4.79 Å². The Morgan fingerprint density at radius 1 is 1.19 bits per heavy atom. The molecule has 0 aromatic heterocycles. The Labute approximate surface area is 158 Å². The first kappa shape index (κ1) is 18.8. The van der Waals surface area contributed by atoms with E-state index in [0.29, 0.717) is 17.2 Å². The third kappa shape index (κ3) is 4.25. The Bertz CT molecular complexity index is 825. The summed E-state index contributed by atoms with van der Waals surface area (Å²) in [6, 6.07) is 10.6. The van der Waals surface area contributed by atoms with Gasteiger partial charge in [0.25, 0.3) is 0 Å². The summed E-state index contributed by atoms with van der Waals surface area (Å²) in [6.45, 7) is 1.11. The number of urea groups is 1. The van der Waals surface area contributed by atoms with Crippen LogP contribution in [0.2, 0.25) is 0 Å². The van der Waals surface area contributed by atoms with E-state index in [1.54, 1.807) is 25.3 Å². The van der Waals surface area contributed by atoms with Crippen LogP contribution in [-0.4, -0.2) is 45.5 Å². The lowest BCUT2D eigenvalue weighted by Gasteiger charge is -2.16. The number of ether oxygens (including phenoxy) is 2. The zero-order valence-corrected chi connectivity index (χ0v) is 15.8. The lowest BCUT2D eigenvalue weighted by molar-refractivity contribution is 0.175. The van der Waals surface area contributed by atoms with E-state index in [9.17, 15) is 9.90 Å². The van der Waals surface area contributed by atoms with Crippen molar-refractivity contribution in [3.63, 3.8) is 0 Å². The highest BCUT2D eigenvalue weighted by atomic mass is 16.5. The number of methoxy groups -OCH3 is 2. The Hall–Kier alpha value is -2.93. The molecule has 0 radical (unpaired) electrons. The van der Waals surface area contributed by atoms with Crippen molar-refractivity contribution in [3.8, 4) is 11.5 Å². The highest BCUT2D eigenvalue weighted by Gasteiger charge is 2.18. The van der Waals surface area contributed by atoms with Crippen molar-refractivity contribution in [2.45, 2.75) is 12.5 Å². The SMILES string of the molecule is COc1ccc(NC(=O)NCC(O)c2ccc3c(c2)CCN3C)cc1OC. The zero-order chi connectivity index (χ0) is 19.4. The molecule has 1 atom stereocenters. The van der Waals surface area contributed by atoms with Crippen LogP contribution >= 0.6 is 0 Å². The summed E-state index contributed by atoms with van der Waals surface area (Å²) in [6.07, 6.45) is 0.206. The quantitative estimate of drug-likeness (QED) is 0.727. The Balaban J connectivity index is 1.56. The average molecular weight is 371 g/mol. The second-order valence-corrected chi connectivity index (χ2v) is 6.48. The van der Waals surface area contributed by atoms with Gasteiger partial charge >= 0.3 is 6.03 Å². The number of hydrogen-bond acceptors (Lipinski definition) is 5. The van der Waals surface area contributed by atoms with Gasteiger partial charge in [0.2, 0.25) is 0 Å². The molecular formula is C20H25N3O4. The summed E-state index contributed by atoms with van der Waals surface area (Å²) >= 11 is 0. The minimum Gasteiger partial charge on any atom is -0.493 e. The van der Waals surface area contributed by atoms with E-state index < -0.39 is 12.1 Å². The monoisotopic (exact) mass is 371 g/mol. The molecule has 0 saturated carbocycles. The number of aliphatic hydroxyl groups excluding tert-OH is 1. The molecule has 1 aliphatic heterocycles. The van der Waals surface area contributed by atoms with E-state index in [0.717, 1.165) is 18.5 Å². The van der Waals surface area contributed by atoms with Gasteiger partial charge in [-0.15, -0.1) is 0 Å². The molecule has 0 aliphatic carbocycles. The molecule has 2 amide bonds. The van der Waals surface area contributed by atoms with Crippen LogP contribution in [0.1, 0.15) is 17.2 Å². The molecule has 2 aromatic carbocycles. The summed E-state index contributed by atoms with van der Waals surface area (Å²) < 4.78 is 10.4. The van der Waals surface area contributed by atoms with Crippen molar-refractivity contribution in [2.24, 2.45) is 0 Å². The molecular weight excluding hydrogens is 346 g/mol. The summed E-state index contributed by atoms with van der Waals surface area (Å²) in [5.41, 5.74) is 3.80. The molecule has 0 saturated heterocycles. The van der Waals surface area contributed by atoms with Crippen molar-refractivity contribution < 1.29 is 19.4 Å². The van der Waals surface area contributed by atoms with Crippen LogP contribution in [0, 0.1) is 0 Å². The smallest absolute Gasteiger partial charge is 0.319 e. The number of fused-ring (bicyclic) bond motifs is 1. The van der Waals surface area contributed by atoms with Gasteiger partial charge < -0.3 is 30.1 Å². The van der Waals surface area contributed by atoms with Crippen molar-refractivity contribution >= 4 is 17.4 Å². The van der Waals surface area contributed by atoms with Crippen LogP contribution < -0.4 is 25.0 Å². The zero-order valence-electron chi connectivity index (χ0n) is 15.8. The molecule has 27 heavy (non-hydrogen) atoms. The van der Waals surface area contributed by atoms with Gasteiger partial charge in [-0.3, -0.25) is 0 Å². The molecule has 2 aromatic rings. The number of carbonyl (C=O) groups excluding carboxylic acids is 1. The van der Waals surface area contributed by atoms with Crippen LogP contribution in [-0.2, 0) is 6.42 Å². The largest absolute Gasteiger partial charge is 0.493 e. The number of rotatable bonds is 6. The number of carbonyl (C=O) groups is 1. The standard InChI is InChI=1S/C20H25N3O4/c1-23-9-8-13-10-14(4-6-16(13)23)17(24)12-21-20(25)22-15-5-7-18(26-2)19(11-15)27-3/h4-7,10-11,17,24H,8-9,12H2,1-3H3,(H2,21,22,25). The average Bonchev–Trinajstić information content (AvgIpc) is 3.06. The van der Waals surface area contributed by atoms with Crippen LogP contribution in [0.5, 0.6) is 11.5 Å². The van der Waals surface area contributed by atoms with Gasteiger partial charge in [0.05, 0.1) is 20.3 Å². The van der Waals surface area contributed by atoms with Gasteiger partial charge in [0.1, 0.15) is 0 Å². The van der Waals surface area contributed by atoms with E-state index in [1.807, 2.05) is 18.2 Å². The van der Waals surface area contributed by atoms with E-state index in [2.05, 4.69) is 22.6 Å². The van der Waals surface area contributed by atoms with Gasteiger partial charge in [-0.05, 0) is 35.7 Å². The molecule has 0 bridgehead atoms. The second kappa shape index (κ2) is 8.18. The van der Waals surface area contributed by atoms with Crippen molar-refractivity contribution in [3.05, 3.63) is 47.5 Å². The molecule has 7 heteroatoms. The minimum atomic E-state index is -0.766.